The summed E-state index contributed by atoms with van der Waals surface area (Å²) in [6.07, 6.45) is 0.0170. The number of nitrogens with zero attached hydrogens (tertiary/aromatic N) is 1. The molecule has 0 heterocycles. The molecule has 2 N–H and O–H groups in total. The van der Waals surface area contributed by atoms with Crippen molar-refractivity contribution in [1.82, 2.24) is 0 Å². The number of benzene rings is 1. The second-order valence-corrected chi connectivity index (χ2v) is 3.67. The zero-order valence-electron chi connectivity index (χ0n) is 9.73. The third-order valence-corrected chi connectivity index (χ3v) is 2.21. The van der Waals surface area contributed by atoms with E-state index in [0.29, 0.717) is 17.0 Å². The Morgan fingerprint density at radius 2 is 2.35 bits per heavy atom. The van der Waals surface area contributed by atoms with Gasteiger partial charge in [-0.1, -0.05) is 0 Å². The van der Waals surface area contributed by atoms with E-state index in [2.05, 4.69) is 5.32 Å². The van der Waals surface area contributed by atoms with Gasteiger partial charge in [0.1, 0.15) is 5.75 Å². The number of aliphatic carboxylic acids is 1. The number of carboxylic acid groups (broad SMARTS) is 1. The highest BCUT2D eigenvalue weighted by Crippen LogP contribution is 2.26. The molecule has 1 aromatic rings. The molecular weight excluding hydrogens is 220 g/mol. The monoisotopic (exact) mass is 234 g/mol. The summed E-state index contributed by atoms with van der Waals surface area (Å²) in [4.78, 5) is 10.5. The normalized spacial score (nSPS) is 11.4. The fourth-order valence-corrected chi connectivity index (χ4v) is 1.46. The molecule has 0 aliphatic rings. The van der Waals surface area contributed by atoms with Gasteiger partial charge in [-0.2, -0.15) is 5.26 Å². The Labute approximate surface area is 99.6 Å². The van der Waals surface area contributed by atoms with Gasteiger partial charge in [-0.3, -0.25) is 4.79 Å². The van der Waals surface area contributed by atoms with Gasteiger partial charge in [0.25, 0.3) is 0 Å². The van der Waals surface area contributed by atoms with Crippen molar-refractivity contribution >= 4 is 11.7 Å². The number of rotatable bonds is 5. The van der Waals surface area contributed by atoms with Crippen molar-refractivity contribution in [2.75, 3.05) is 12.4 Å². The fraction of sp³-hybridized carbons (Fsp3) is 0.333. The molecule has 0 amide bonds. The maximum atomic E-state index is 10.5. The molecule has 90 valence electrons. The second-order valence-electron chi connectivity index (χ2n) is 3.67. The lowest BCUT2D eigenvalue weighted by Gasteiger charge is -2.16. The lowest BCUT2D eigenvalue weighted by atomic mass is 10.1. The highest BCUT2D eigenvalue weighted by molar-refractivity contribution is 5.69. The molecule has 0 bridgehead atoms. The number of carbonyl (C=O) groups is 1. The van der Waals surface area contributed by atoms with Crippen LogP contribution in [0.5, 0.6) is 5.75 Å². The van der Waals surface area contributed by atoms with Gasteiger partial charge < -0.3 is 15.2 Å². The Morgan fingerprint density at radius 3 is 2.88 bits per heavy atom. The molecule has 0 saturated carbocycles. The molecule has 5 nitrogen and oxygen atoms in total. The molecular formula is C12H14N2O3. The molecule has 1 atom stereocenters. The minimum absolute atomic E-state index is 0.0170. The Bertz CT molecular complexity index is 452. The van der Waals surface area contributed by atoms with Crippen LogP contribution in [0.15, 0.2) is 18.2 Å². The van der Waals surface area contributed by atoms with E-state index in [0.717, 1.165) is 0 Å². The van der Waals surface area contributed by atoms with E-state index in [1.807, 2.05) is 6.07 Å². The first-order valence-corrected chi connectivity index (χ1v) is 5.13. The van der Waals surface area contributed by atoms with Crippen LogP contribution in [-0.4, -0.2) is 24.2 Å². The van der Waals surface area contributed by atoms with Crippen LogP contribution in [0.25, 0.3) is 0 Å². The molecule has 0 aromatic heterocycles. The Balaban J connectivity index is 2.84. The molecule has 1 aromatic carbocycles. The molecule has 0 fully saturated rings. The molecule has 17 heavy (non-hydrogen) atoms. The molecule has 0 aliphatic carbocycles. The van der Waals surface area contributed by atoms with Crippen molar-refractivity contribution in [3.63, 3.8) is 0 Å². The summed E-state index contributed by atoms with van der Waals surface area (Å²) in [5.74, 6) is -0.334. The standard InChI is InChI=1S/C12H14N2O3/c1-8(5-12(15)16)14-10-4-3-9(7-13)6-11(10)17-2/h3-4,6,8,14H,5H2,1-2H3,(H,15,16). The van der Waals surface area contributed by atoms with Crippen LogP contribution in [0, 0.1) is 11.3 Å². The summed E-state index contributed by atoms with van der Waals surface area (Å²) in [6.45, 7) is 1.77. The van der Waals surface area contributed by atoms with Crippen LogP contribution >= 0.6 is 0 Å². The molecule has 1 rings (SSSR count). The predicted octanol–water partition coefficient (Wildman–Crippen LogP) is 1.84. The fourth-order valence-electron chi connectivity index (χ4n) is 1.46. The van der Waals surface area contributed by atoms with Gasteiger partial charge in [0, 0.05) is 12.1 Å². The van der Waals surface area contributed by atoms with E-state index in [1.165, 1.54) is 7.11 Å². The lowest BCUT2D eigenvalue weighted by Crippen LogP contribution is -2.19. The van der Waals surface area contributed by atoms with Gasteiger partial charge in [0.05, 0.1) is 30.9 Å². The van der Waals surface area contributed by atoms with E-state index in [9.17, 15) is 4.79 Å². The third-order valence-electron chi connectivity index (χ3n) is 2.21. The van der Waals surface area contributed by atoms with Crippen LogP contribution in [-0.2, 0) is 4.79 Å². The van der Waals surface area contributed by atoms with Crippen LogP contribution < -0.4 is 10.1 Å². The Hall–Kier alpha value is -2.22. The zero-order chi connectivity index (χ0) is 12.8. The Kier molecular flexibility index (Phi) is 4.35. The SMILES string of the molecule is COc1cc(C#N)ccc1NC(C)CC(=O)O. The van der Waals surface area contributed by atoms with Gasteiger partial charge in [0.2, 0.25) is 0 Å². The molecule has 0 saturated heterocycles. The number of nitrogens with one attached hydrogen (secondary N) is 1. The summed E-state index contributed by atoms with van der Waals surface area (Å²) in [7, 11) is 1.50. The average molecular weight is 234 g/mol. The maximum absolute atomic E-state index is 10.5. The van der Waals surface area contributed by atoms with E-state index in [-0.39, 0.29) is 12.5 Å². The number of hydrogen-bond acceptors (Lipinski definition) is 4. The molecule has 1 unspecified atom stereocenters. The topological polar surface area (TPSA) is 82.3 Å². The first-order chi connectivity index (χ1) is 8.06. The van der Waals surface area contributed by atoms with Crippen LogP contribution in [0.2, 0.25) is 0 Å². The highest BCUT2D eigenvalue weighted by atomic mass is 16.5. The average Bonchev–Trinajstić information content (AvgIpc) is 2.28. The van der Waals surface area contributed by atoms with Crippen molar-refractivity contribution in [2.45, 2.75) is 19.4 Å². The smallest absolute Gasteiger partial charge is 0.305 e. The Morgan fingerprint density at radius 1 is 1.65 bits per heavy atom. The summed E-state index contributed by atoms with van der Waals surface area (Å²) < 4.78 is 5.13. The summed E-state index contributed by atoms with van der Waals surface area (Å²) in [5, 5.41) is 20.4. The van der Waals surface area contributed by atoms with E-state index in [1.54, 1.807) is 25.1 Å². The number of ether oxygens (including phenoxy) is 1. The minimum Gasteiger partial charge on any atom is -0.495 e. The van der Waals surface area contributed by atoms with Crippen LogP contribution in [0.3, 0.4) is 0 Å². The van der Waals surface area contributed by atoms with Crippen LogP contribution in [0.4, 0.5) is 5.69 Å². The summed E-state index contributed by atoms with van der Waals surface area (Å²) in [5.41, 5.74) is 1.18. The maximum Gasteiger partial charge on any atom is 0.305 e. The second kappa shape index (κ2) is 5.75. The number of anilines is 1. The van der Waals surface area contributed by atoms with Crippen LogP contribution in [0.1, 0.15) is 18.9 Å². The third kappa shape index (κ3) is 3.68. The van der Waals surface area contributed by atoms with Crippen molar-refractivity contribution in [1.29, 1.82) is 5.26 Å². The number of hydrogen-bond donors (Lipinski definition) is 2. The van der Waals surface area contributed by atoms with E-state index < -0.39 is 5.97 Å². The molecule has 0 aliphatic heterocycles. The predicted molar refractivity (Wildman–Crippen MR) is 63.0 cm³/mol. The first-order valence-electron chi connectivity index (χ1n) is 5.13. The molecule has 5 heteroatoms. The van der Waals surface area contributed by atoms with E-state index >= 15 is 0 Å². The van der Waals surface area contributed by atoms with Gasteiger partial charge in [-0.25, -0.2) is 0 Å². The van der Waals surface area contributed by atoms with Crippen molar-refractivity contribution in [3.8, 4) is 11.8 Å². The number of carboxylic acids is 1. The lowest BCUT2D eigenvalue weighted by molar-refractivity contribution is -0.137. The van der Waals surface area contributed by atoms with Gasteiger partial charge >= 0.3 is 5.97 Å². The quantitative estimate of drug-likeness (QED) is 0.812. The van der Waals surface area contributed by atoms with E-state index in [4.69, 9.17) is 15.1 Å². The molecule has 0 radical (unpaired) electrons. The van der Waals surface area contributed by atoms with Crippen molar-refractivity contribution in [2.24, 2.45) is 0 Å². The van der Waals surface area contributed by atoms with Gasteiger partial charge in [-0.05, 0) is 19.1 Å². The van der Waals surface area contributed by atoms with Crippen molar-refractivity contribution in [3.05, 3.63) is 23.8 Å². The number of methoxy groups -OCH3 is 1. The molecule has 0 spiro atoms. The number of nitriles is 1. The van der Waals surface area contributed by atoms with Gasteiger partial charge in [0.15, 0.2) is 0 Å². The first kappa shape index (κ1) is 12.8. The minimum atomic E-state index is -0.863. The zero-order valence-corrected chi connectivity index (χ0v) is 9.73. The van der Waals surface area contributed by atoms with Crippen molar-refractivity contribution < 1.29 is 14.6 Å². The summed E-state index contributed by atoms with van der Waals surface area (Å²) >= 11 is 0. The highest BCUT2D eigenvalue weighted by Gasteiger charge is 2.10. The summed E-state index contributed by atoms with van der Waals surface area (Å²) in [6, 6.07) is 6.76. The van der Waals surface area contributed by atoms with Gasteiger partial charge in [-0.15, -0.1) is 0 Å². The largest absolute Gasteiger partial charge is 0.495 e.